The van der Waals surface area contributed by atoms with Crippen LogP contribution in [0.3, 0.4) is 0 Å². The molecule has 0 amide bonds. The van der Waals surface area contributed by atoms with Crippen LogP contribution in [0.1, 0.15) is 11.1 Å². The second-order valence-electron chi connectivity index (χ2n) is 4.32. The summed E-state index contributed by atoms with van der Waals surface area (Å²) in [5, 5.41) is 9.17. The first kappa shape index (κ1) is 15.8. The lowest BCUT2D eigenvalue weighted by Crippen LogP contribution is -2.13. The van der Waals surface area contributed by atoms with Crippen LogP contribution in [0.2, 0.25) is 5.02 Å². The topological polar surface area (TPSA) is 70.0 Å². The normalized spacial score (nSPS) is 11.0. The Labute approximate surface area is 136 Å². The molecular formula is C14H10BrClN2O2S. The first-order chi connectivity index (χ1) is 9.83. The number of hydrogen-bond donors (Lipinski definition) is 1. The predicted molar refractivity (Wildman–Crippen MR) is 85.9 cm³/mol. The van der Waals surface area contributed by atoms with E-state index in [0.717, 1.165) is 0 Å². The molecule has 0 saturated carbocycles. The Morgan fingerprint density at radius 1 is 1.24 bits per heavy atom. The van der Waals surface area contributed by atoms with Gasteiger partial charge in [-0.2, -0.15) is 5.26 Å². The Morgan fingerprint density at radius 2 is 1.95 bits per heavy atom. The number of sulfonamides is 1. The summed E-state index contributed by atoms with van der Waals surface area (Å²) in [6, 6.07) is 11.2. The summed E-state index contributed by atoms with van der Waals surface area (Å²) >= 11 is 9.24. The molecule has 2 aromatic carbocycles. The maximum absolute atomic E-state index is 12.3. The van der Waals surface area contributed by atoms with Gasteiger partial charge in [0, 0.05) is 4.47 Å². The Hall–Kier alpha value is -1.55. The average Bonchev–Trinajstić information content (AvgIpc) is 2.42. The first-order valence-corrected chi connectivity index (χ1v) is 8.47. The van der Waals surface area contributed by atoms with Crippen molar-refractivity contribution in [2.45, 2.75) is 11.8 Å². The van der Waals surface area contributed by atoms with Gasteiger partial charge in [0.25, 0.3) is 10.0 Å². The zero-order valence-corrected chi connectivity index (χ0v) is 14.1. The Morgan fingerprint density at radius 3 is 2.57 bits per heavy atom. The summed E-state index contributed by atoms with van der Waals surface area (Å²) in [6.07, 6.45) is 0. The Bertz CT molecular complexity index is 845. The number of benzene rings is 2. The second-order valence-corrected chi connectivity index (χ2v) is 7.32. The monoisotopic (exact) mass is 384 g/mol. The zero-order chi connectivity index (χ0) is 15.6. The molecule has 0 aromatic heterocycles. The molecule has 2 rings (SSSR count). The molecule has 0 spiro atoms. The fourth-order valence-corrected chi connectivity index (χ4v) is 3.45. The number of nitrogens with zero attached hydrogens (tertiary/aromatic N) is 1. The van der Waals surface area contributed by atoms with E-state index in [1.165, 1.54) is 18.2 Å². The van der Waals surface area contributed by atoms with Gasteiger partial charge in [-0.15, -0.1) is 0 Å². The molecular weight excluding hydrogens is 376 g/mol. The third-order valence-corrected chi connectivity index (χ3v) is 4.99. The summed E-state index contributed by atoms with van der Waals surface area (Å²) in [5.74, 6) is 0. The minimum absolute atomic E-state index is 0.0787. The fraction of sp³-hybridized carbons (Fsp3) is 0.0714. The number of nitrogens with one attached hydrogen (secondary N) is 1. The number of rotatable bonds is 3. The van der Waals surface area contributed by atoms with Crippen LogP contribution < -0.4 is 4.72 Å². The minimum atomic E-state index is -3.76. The van der Waals surface area contributed by atoms with Crippen molar-refractivity contribution in [3.8, 4) is 6.07 Å². The van der Waals surface area contributed by atoms with Crippen LogP contribution in [0.15, 0.2) is 45.8 Å². The van der Waals surface area contributed by atoms with Gasteiger partial charge in [0.15, 0.2) is 0 Å². The van der Waals surface area contributed by atoms with Crippen molar-refractivity contribution in [3.63, 3.8) is 0 Å². The lowest BCUT2D eigenvalue weighted by atomic mass is 10.1. The van der Waals surface area contributed by atoms with E-state index in [0.29, 0.717) is 20.6 Å². The maximum atomic E-state index is 12.3. The molecule has 0 fully saturated rings. The highest BCUT2D eigenvalue weighted by atomic mass is 79.9. The number of nitriles is 1. The summed E-state index contributed by atoms with van der Waals surface area (Å²) in [4.78, 5) is 0.0787. The lowest BCUT2D eigenvalue weighted by molar-refractivity contribution is 0.601. The highest BCUT2D eigenvalue weighted by Crippen LogP contribution is 2.28. The number of hydrogen-bond acceptors (Lipinski definition) is 3. The average molecular weight is 386 g/mol. The fourth-order valence-electron chi connectivity index (χ4n) is 1.71. The van der Waals surface area contributed by atoms with Gasteiger partial charge >= 0.3 is 0 Å². The van der Waals surface area contributed by atoms with Crippen LogP contribution in [-0.4, -0.2) is 8.42 Å². The summed E-state index contributed by atoms with van der Waals surface area (Å²) in [5.41, 5.74) is 1.32. The second kappa shape index (κ2) is 6.06. The van der Waals surface area contributed by atoms with Gasteiger partial charge < -0.3 is 0 Å². The third-order valence-electron chi connectivity index (χ3n) is 2.80. The molecule has 21 heavy (non-hydrogen) atoms. The predicted octanol–water partition coefficient (Wildman–Crippen LogP) is 4.08. The largest absolute Gasteiger partial charge is 0.278 e. The van der Waals surface area contributed by atoms with Gasteiger partial charge in [-0.3, -0.25) is 4.72 Å². The number of aryl methyl sites for hydroxylation is 1. The van der Waals surface area contributed by atoms with Gasteiger partial charge in [0.2, 0.25) is 0 Å². The summed E-state index contributed by atoms with van der Waals surface area (Å²) in [6.45, 7) is 1.68. The summed E-state index contributed by atoms with van der Waals surface area (Å²) < 4.78 is 27.8. The number of anilines is 1. The Balaban J connectivity index is 2.41. The standard InChI is InChI=1S/C14H10BrClN2O2S/c1-9-6-12(4-2-10(9)8-17)21(19,20)18-14-7-11(15)3-5-13(14)16/h2-7,18H,1H3. The molecule has 2 aromatic rings. The van der Waals surface area contributed by atoms with Crippen LogP contribution in [0.5, 0.6) is 0 Å². The van der Waals surface area contributed by atoms with Gasteiger partial charge in [0.1, 0.15) is 0 Å². The van der Waals surface area contributed by atoms with E-state index in [1.807, 2.05) is 6.07 Å². The van der Waals surface area contributed by atoms with Gasteiger partial charge in [-0.25, -0.2) is 8.42 Å². The molecule has 4 nitrogen and oxygen atoms in total. The van der Waals surface area contributed by atoms with Crippen molar-refractivity contribution in [2.75, 3.05) is 4.72 Å². The van der Waals surface area contributed by atoms with E-state index < -0.39 is 10.0 Å². The molecule has 0 heterocycles. The quantitative estimate of drug-likeness (QED) is 0.865. The van der Waals surface area contributed by atoms with Crippen LogP contribution in [0.4, 0.5) is 5.69 Å². The molecule has 0 aliphatic rings. The smallest absolute Gasteiger partial charge is 0.261 e. The first-order valence-electron chi connectivity index (χ1n) is 5.82. The van der Waals surface area contributed by atoms with E-state index >= 15 is 0 Å². The van der Waals surface area contributed by atoms with Gasteiger partial charge in [-0.05, 0) is 48.9 Å². The zero-order valence-electron chi connectivity index (χ0n) is 10.9. The van der Waals surface area contributed by atoms with E-state index in [4.69, 9.17) is 16.9 Å². The molecule has 0 atom stereocenters. The van der Waals surface area contributed by atoms with E-state index in [9.17, 15) is 8.42 Å². The Kier molecular flexibility index (Phi) is 4.57. The van der Waals surface area contributed by atoms with E-state index in [2.05, 4.69) is 20.7 Å². The van der Waals surface area contributed by atoms with Crippen molar-refractivity contribution in [1.82, 2.24) is 0 Å². The van der Waals surface area contributed by atoms with Gasteiger partial charge in [-0.1, -0.05) is 27.5 Å². The molecule has 7 heteroatoms. The molecule has 0 aliphatic carbocycles. The van der Waals surface area contributed by atoms with Crippen LogP contribution in [-0.2, 0) is 10.0 Å². The van der Waals surface area contributed by atoms with Crippen molar-refractivity contribution >= 4 is 43.2 Å². The van der Waals surface area contributed by atoms with Crippen LogP contribution in [0.25, 0.3) is 0 Å². The van der Waals surface area contributed by atoms with Crippen molar-refractivity contribution in [2.24, 2.45) is 0 Å². The molecule has 0 bridgehead atoms. The highest BCUT2D eigenvalue weighted by molar-refractivity contribution is 9.10. The van der Waals surface area contributed by atoms with E-state index in [-0.39, 0.29) is 10.6 Å². The number of halogens is 2. The molecule has 108 valence electrons. The van der Waals surface area contributed by atoms with E-state index in [1.54, 1.807) is 25.1 Å². The molecule has 0 saturated heterocycles. The summed E-state index contributed by atoms with van der Waals surface area (Å²) in [7, 11) is -3.76. The van der Waals surface area contributed by atoms with Crippen molar-refractivity contribution < 1.29 is 8.42 Å². The maximum Gasteiger partial charge on any atom is 0.261 e. The van der Waals surface area contributed by atoms with Crippen LogP contribution >= 0.6 is 27.5 Å². The van der Waals surface area contributed by atoms with Crippen LogP contribution in [0, 0.1) is 18.3 Å². The SMILES string of the molecule is Cc1cc(S(=O)(=O)Nc2cc(Br)ccc2Cl)ccc1C#N. The highest BCUT2D eigenvalue weighted by Gasteiger charge is 2.17. The third kappa shape index (κ3) is 3.56. The van der Waals surface area contributed by atoms with Crippen molar-refractivity contribution in [1.29, 1.82) is 5.26 Å². The van der Waals surface area contributed by atoms with Gasteiger partial charge in [0.05, 0.1) is 27.2 Å². The molecule has 0 aliphatic heterocycles. The minimum Gasteiger partial charge on any atom is -0.278 e. The molecule has 1 N–H and O–H groups in total. The van der Waals surface area contributed by atoms with Crippen molar-refractivity contribution in [3.05, 3.63) is 57.0 Å². The molecule has 0 unspecified atom stereocenters. The molecule has 0 radical (unpaired) electrons. The lowest BCUT2D eigenvalue weighted by Gasteiger charge is -2.11.